The second kappa shape index (κ2) is 9.20. The van der Waals surface area contributed by atoms with Gasteiger partial charge in [-0.3, -0.25) is 19.1 Å². The van der Waals surface area contributed by atoms with Crippen molar-refractivity contribution in [1.29, 1.82) is 0 Å². The molecule has 6 nitrogen and oxygen atoms in total. The molecular weight excluding hydrogens is 468 g/mol. The first-order valence-corrected chi connectivity index (χ1v) is 12.3. The van der Waals surface area contributed by atoms with E-state index in [1.807, 2.05) is 42.5 Å². The highest BCUT2D eigenvalue weighted by Crippen LogP contribution is 2.27. The average Bonchev–Trinajstić information content (AvgIpc) is 3.46. The van der Waals surface area contributed by atoms with Gasteiger partial charge >= 0.3 is 0 Å². The van der Waals surface area contributed by atoms with Crippen molar-refractivity contribution in [3.63, 3.8) is 0 Å². The Morgan fingerprint density at radius 1 is 0.750 bits per heavy atom. The van der Waals surface area contributed by atoms with Gasteiger partial charge in [0, 0.05) is 22.8 Å². The van der Waals surface area contributed by atoms with Gasteiger partial charge in [0.1, 0.15) is 0 Å². The third-order valence-electron chi connectivity index (χ3n) is 6.14. The summed E-state index contributed by atoms with van der Waals surface area (Å²) in [5.41, 5.74) is 3.90. The number of carbonyl (C=O) groups excluding carboxylic acids is 2. The van der Waals surface area contributed by atoms with Crippen LogP contribution in [0.2, 0.25) is 0 Å². The van der Waals surface area contributed by atoms with E-state index in [9.17, 15) is 9.59 Å². The van der Waals surface area contributed by atoms with Crippen LogP contribution in [-0.2, 0) is 0 Å². The topological polar surface area (TPSA) is 67.0 Å². The summed E-state index contributed by atoms with van der Waals surface area (Å²) in [6, 6.07) is 31.5. The first kappa shape index (κ1) is 21.9. The molecule has 5 aromatic rings. The summed E-state index contributed by atoms with van der Waals surface area (Å²) < 4.78 is 2.06. The van der Waals surface area contributed by atoms with Crippen molar-refractivity contribution in [2.75, 3.05) is 6.54 Å². The molecule has 0 saturated carbocycles. The van der Waals surface area contributed by atoms with Crippen LogP contribution in [0.25, 0.3) is 27.7 Å². The van der Waals surface area contributed by atoms with E-state index in [4.69, 9.17) is 0 Å². The molecule has 1 aromatic heterocycles. The molecule has 0 fully saturated rings. The second-order valence-electron chi connectivity index (χ2n) is 8.30. The number of carbonyl (C=O) groups is 2. The molecule has 0 spiro atoms. The molecule has 6 rings (SSSR count). The minimum Gasteiger partial charge on any atom is -0.284 e. The molecule has 0 atom stereocenters. The standard InChI is InChI=1S/C29H20N4O2S/c34-27-24-12-6-7-13-25(24)28(35)32(27)17-16-30-31-29-33(23-10-2-1-3-11-23)26(19-36-29)22-15-14-20-8-4-5-9-21(20)18-22/h1-16,18-19H,17H2/b30-16+,31-29-. The van der Waals surface area contributed by atoms with Crippen molar-refractivity contribution in [2.45, 2.75) is 0 Å². The van der Waals surface area contributed by atoms with Gasteiger partial charge in [0.05, 0.1) is 23.4 Å². The summed E-state index contributed by atoms with van der Waals surface area (Å²) in [4.78, 5) is 27.0. The number of hydrogen-bond acceptors (Lipinski definition) is 5. The van der Waals surface area contributed by atoms with E-state index in [-0.39, 0.29) is 18.4 Å². The number of fused-ring (bicyclic) bond motifs is 2. The van der Waals surface area contributed by atoms with Gasteiger partial charge < -0.3 is 0 Å². The van der Waals surface area contributed by atoms with E-state index in [0.29, 0.717) is 15.9 Å². The summed E-state index contributed by atoms with van der Waals surface area (Å²) in [6.07, 6.45) is 1.49. The third kappa shape index (κ3) is 3.85. The fourth-order valence-electron chi connectivity index (χ4n) is 4.37. The highest BCUT2D eigenvalue weighted by Gasteiger charge is 2.34. The number of aromatic nitrogens is 1. The molecule has 1 aliphatic heterocycles. The molecule has 4 aromatic carbocycles. The van der Waals surface area contributed by atoms with Crippen molar-refractivity contribution in [3.8, 4) is 16.9 Å². The number of hydrogen-bond donors (Lipinski definition) is 0. The van der Waals surface area contributed by atoms with E-state index >= 15 is 0 Å². The lowest BCUT2D eigenvalue weighted by Gasteiger charge is -2.10. The molecule has 0 N–H and O–H groups in total. The average molecular weight is 489 g/mol. The predicted molar refractivity (Wildman–Crippen MR) is 142 cm³/mol. The Hall–Kier alpha value is -4.62. The number of rotatable bonds is 5. The molecule has 7 heteroatoms. The van der Waals surface area contributed by atoms with Gasteiger partial charge in [-0.15, -0.1) is 16.4 Å². The van der Waals surface area contributed by atoms with E-state index in [0.717, 1.165) is 16.9 Å². The molecule has 2 amide bonds. The van der Waals surface area contributed by atoms with Gasteiger partial charge in [0.2, 0.25) is 4.80 Å². The largest absolute Gasteiger partial charge is 0.284 e. The number of benzene rings is 4. The number of para-hydroxylation sites is 1. The van der Waals surface area contributed by atoms with Crippen LogP contribution in [-0.4, -0.2) is 34.0 Å². The second-order valence-corrected chi connectivity index (χ2v) is 9.14. The molecule has 0 aliphatic carbocycles. The predicted octanol–water partition coefficient (Wildman–Crippen LogP) is 5.54. The van der Waals surface area contributed by atoms with E-state index in [1.54, 1.807) is 24.3 Å². The summed E-state index contributed by atoms with van der Waals surface area (Å²) in [5, 5.41) is 13.1. The fraction of sp³-hybridized carbons (Fsp3) is 0.0345. The maximum Gasteiger partial charge on any atom is 0.261 e. The first-order chi connectivity index (χ1) is 17.7. The van der Waals surface area contributed by atoms with Crippen LogP contribution < -0.4 is 4.80 Å². The van der Waals surface area contributed by atoms with Crippen LogP contribution in [0.15, 0.2) is 113 Å². The van der Waals surface area contributed by atoms with Crippen molar-refractivity contribution in [1.82, 2.24) is 9.47 Å². The van der Waals surface area contributed by atoms with Gasteiger partial charge in [0.15, 0.2) is 0 Å². The first-order valence-electron chi connectivity index (χ1n) is 11.5. The Bertz CT molecular complexity index is 1680. The Balaban J connectivity index is 1.34. The number of nitrogens with zero attached hydrogens (tertiary/aromatic N) is 4. The lowest BCUT2D eigenvalue weighted by atomic mass is 10.1. The van der Waals surface area contributed by atoms with Crippen molar-refractivity contribution >= 4 is 40.1 Å². The fourth-order valence-corrected chi connectivity index (χ4v) is 5.23. The van der Waals surface area contributed by atoms with Crippen LogP contribution in [0, 0.1) is 0 Å². The molecule has 0 radical (unpaired) electrons. The van der Waals surface area contributed by atoms with Gasteiger partial charge in [0.25, 0.3) is 11.8 Å². The minimum absolute atomic E-state index is 0.0596. The minimum atomic E-state index is -0.309. The van der Waals surface area contributed by atoms with E-state index < -0.39 is 0 Å². The molecule has 36 heavy (non-hydrogen) atoms. The molecule has 0 saturated heterocycles. The van der Waals surface area contributed by atoms with Crippen molar-refractivity contribution in [2.24, 2.45) is 10.2 Å². The molecule has 2 heterocycles. The van der Waals surface area contributed by atoms with Gasteiger partial charge in [-0.1, -0.05) is 66.7 Å². The number of amides is 2. The smallest absolute Gasteiger partial charge is 0.261 e. The third-order valence-corrected chi connectivity index (χ3v) is 6.95. The number of imide groups is 1. The monoisotopic (exact) mass is 488 g/mol. The quantitative estimate of drug-likeness (QED) is 0.185. The molecule has 174 valence electrons. The van der Waals surface area contributed by atoms with E-state index in [2.05, 4.69) is 50.5 Å². The summed E-state index contributed by atoms with van der Waals surface area (Å²) >= 11 is 1.48. The Labute approximate surface area is 211 Å². The Morgan fingerprint density at radius 2 is 1.42 bits per heavy atom. The maximum absolute atomic E-state index is 12.6. The SMILES string of the molecule is O=C1c2ccccc2C(=O)N1C/C=N/N=c1\scc(-c2ccc3ccccc3c2)n1-c1ccccc1. The van der Waals surface area contributed by atoms with Crippen molar-refractivity contribution in [3.05, 3.63) is 118 Å². The van der Waals surface area contributed by atoms with Gasteiger partial charge in [-0.2, -0.15) is 5.10 Å². The molecule has 1 aliphatic rings. The Morgan fingerprint density at radius 3 is 2.17 bits per heavy atom. The van der Waals surface area contributed by atoms with Crippen molar-refractivity contribution < 1.29 is 9.59 Å². The van der Waals surface area contributed by atoms with Gasteiger partial charge in [-0.05, 0) is 41.1 Å². The number of thiazole rings is 1. The maximum atomic E-state index is 12.6. The summed E-state index contributed by atoms with van der Waals surface area (Å²) in [7, 11) is 0. The highest BCUT2D eigenvalue weighted by atomic mass is 32.1. The van der Waals surface area contributed by atoms with Crippen LogP contribution in [0.5, 0.6) is 0 Å². The van der Waals surface area contributed by atoms with Crippen LogP contribution in [0.4, 0.5) is 0 Å². The zero-order valence-corrected chi connectivity index (χ0v) is 19.9. The van der Waals surface area contributed by atoms with Crippen LogP contribution >= 0.6 is 11.3 Å². The Kier molecular flexibility index (Phi) is 5.59. The normalized spacial score (nSPS) is 13.8. The zero-order valence-electron chi connectivity index (χ0n) is 19.1. The van der Waals surface area contributed by atoms with Crippen LogP contribution in [0.1, 0.15) is 20.7 Å². The summed E-state index contributed by atoms with van der Waals surface area (Å²) in [6.45, 7) is 0.0596. The zero-order chi connectivity index (χ0) is 24.5. The lowest BCUT2D eigenvalue weighted by Crippen LogP contribution is -2.31. The van der Waals surface area contributed by atoms with Crippen LogP contribution in [0.3, 0.4) is 0 Å². The highest BCUT2D eigenvalue weighted by molar-refractivity contribution is 7.07. The summed E-state index contributed by atoms with van der Waals surface area (Å²) in [5.74, 6) is -0.618. The molecule has 0 bridgehead atoms. The lowest BCUT2D eigenvalue weighted by molar-refractivity contribution is 0.0679. The molecule has 0 unspecified atom stereocenters. The van der Waals surface area contributed by atoms with E-state index in [1.165, 1.54) is 33.2 Å². The van der Waals surface area contributed by atoms with Gasteiger partial charge in [-0.25, -0.2) is 0 Å². The molecular formula is C29H20N4O2S.